The molecule has 1 heterocycles. The Kier molecular flexibility index (Phi) is 6.06. The SMILES string of the molecule is CCOC(=O)c1ccc2c(c1)N(CC)C(=O)C(Cc1ccc(OC)cc1)S2. The Morgan fingerprint density at radius 2 is 1.89 bits per heavy atom. The monoisotopic (exact) mass is 385 g/mol. The summed E-state index contributed by atoms with van der Waals surface area (Å²) in [6.45, 7) is 4.60. The number of hydrogen-bond acceptors (Lipinski definition) is 5. The first kappa shape index (κ1) is 19.3. The lowest BCUT2D eigenvalue weighted by atomic mass is 10.1. The number of ether oxygens (including phenoxy) is 2. The molecule has 5 nitrogen and oxygen atoms in total. The summed E-state index contributed by atoms with van der Waals surface area (Å²) in [5.74, 6) is 0.495. The lowest BCUT2D eigenvalue weighted by Crippen LogP contribution is -2.41. The molecule has 0 aliphatic carbocycles. The molecule has 0 radical (unpaired) electrons. The fourth-order valence-corrected chi connectivity index (χ4v) is 4.34. The van der Waals surface area contributed by atoms with Gasteiger partial charge < -0.3 is 14.4 Å². The number of carbonyl (C=O) groups excluding carboxylic acids is 2. The van der Waals surface area contributed by atoms with Crippen molar-refractivity contribution in [1.29, 1.82) is 0 Å². The van der Waals surface area contributed by atoms with Gasteiger partial charge in [0.15, 0.2) is 0 Å². The second kappa shape index (κ2) is 8.48. The van der Waals surface area contributed by atoms with Crippen molar-refractivity contribution in [2.24, 2.45) is 0 Å². The van der Waals surface area contributed by atoms with Crippen LogP contribution in [0.4, 0.5) is 5.69 Å². The molecule has 2 aromatic rings. The molecule has 6 heteroatoms. The predicted molar refractivity (Wildman–Crippen MR) is 107 cm³/mol. The highest BCUT2D eigenvalue weighted by molar-refractivity contribution is 8.01. The van der Waals surface area contributed by atoms with E-state index >= 15 is 0 Å². The number of esters is 1. The zero-order valence-corrected chi connectivity index (χ0v) is 16.5. The topological polar surface area (TPSA) is 55.8 Å². The van der Waals surface area contributed by atoms with Crippen LogP contribution in [0, 0.1) is 0 Å². The van der Waals surface area contributed by atoms with Gasteiger partial charge in [-0.05, 0) is 56.2 Å². The number of amides is 1. The summed E-state index contributed by atoms with van der Waals surface area (Å²) >= 11 is 1.55. The summed E-state index contributed by atoms with van der Waals surface area (Å²) in [5.41, 5.74) is 2.34. The third kappa shape index (κ3) is 4.11. The van der Waals surface area contributed by atoms with Gasteiger partial charge in [-0.2, -0.15) is 0 Å². The number of thioether (sulfide) groups is 1. The van der Waals surface area contributed by atoms with Crippen molar-refractivity contribution in [3.05, 3.63) is 53.6 Å². The van der Waals surface area contributed by atoms with Gasteiger partial charge in [-0.3, -0.25) is 4.79 Å². The molecule has 1 aliphatic heterocycles. The molecule has 142 valence electrons. The molecule has 0 saturated heterocycles. The van der Waals surface area contributed by atoms with Gasteiger partial charge in [0.2, 0.25) is 5.91 Å². The lowest BCUT2D eigenvalue weighted by Gasteiger charge is -2.33. The Hall–Kier alpha value is -2.47. The number of hydrogen-bond donors (Lipinski definition) is 0. The van der Waals surface area contributed by atoms with Crippen LogP contribution in [0.3, 0.4) is 0 Å². The van der Waals surface area contributed by atoms with Crippen LogP contribution in [0.25, 0.3) is 0 Å². The Bertz CT molecular complexity index is 835. The van der Waals surface area contributed by atoms with Crippen molar-refractivity contribution in [3.8, 4) is 5.75 Å². The molecule has 0 bridgehead atoms. The molecule has 1 amide bonds. The molecule has 1 aliphatic rings. The summed E-state index contributed by atoms with van der Waals surface area (Å²) in [5, 5.41) is -0.195. The zero-order valence-electron chi connectivity index (χ0n) is 15.7. The van der Waals surface area contributed by atoms with Gasteiger partial charge in [0.25, 0.3) is 0 Å². The maximum absolute atomic E-state index is 13.0. The predicted octanol–water partition coefficient (Wildman–Crippen LogP) is 3.94. The molecule has 0 N–H and O–H groups in total. The average molecular weight is 385 g/mol. The van der Waals surface area contributed by atoms with Crippen molar-refractivity contribution in [1.82, 2.24) is 0 Å². The highest BCUT2D eigenvalue weighted by Gasteiger charge is 2.33. The number of fused-ring (bicyclic) bond motifs is 1. The van der Waals surface area contributed by atoms with Crippen LogP contribution in [0.2, 0.25) is 0 Å². The second-order valence-electron chi connectivity index (χ2n) is 6.14. The van der Waals surface area contributed by atoms with Gasteiger partial charge in [-0.15, -0.1) is 11.8 Å². The third-order valence-corrected chi connectivity index (χ3v) is 5.72. The Morgan fingerprint density at radius 1 is 1.15 bits per heavy atom. The third-order valence-electron chi connectivity index (χ3n) is 4.47. The van der Waals surface area contributed by atoms with Crippen LogP contribution in [-0.2, 0) is 16.0 Å². The first-order valence-electron chi connectivity index (χ1n) is 8.99. The number of anilines is 1. The van der Waals surface area contributed by atoms with Crippen molar-refractivity contribution in [3.63, 3.8) is 0 Å². The Morgan fingerprint density at radius 3 is 2.52 bits per heavy atom. The standard InChI is InChI=1S/C21H23NO4S/c1-4-22-17-13-15(21(24)26-5-2)8-11-18(17)27-19(20(22)23)12-14-6-9-16(25-3)10-7-14/h6-11,13,19H,4-5,12H2,1-3H3. The van der Waals surface area contributed by atoms with Crippen molar-refractivity contribution >= 4 is 29.3 Å². The molecular weight excluding hydrogens is 362 g/mol. The van der Waals surface area contributed by atoms with E-state index < -0.39 is 0 Å². The van der Waals surface area contributed by atoms with Crippen molar-refractivity contribution in [2.75, 3.05) is 25.2 Å². The number of nitrogens with zero attached hydrogens (tertiary/aromatic N) is 1. The van der Waals surface area contributed by atoms with Crippen molar-refractivity contribution < 1.29 is 19.1 Å². The van der Waals surface area contributed by atoms with Gasteiger partial charge in [0, 0.05) is 11.4 Å². The van der Waals surface area contributed by atoms with Crippen LogP contribution in [-0.4, -0.2) is 37.4 Å². The first-order chi connectivity index (χ1) is 13.1. The molecule has 0 saturated carbocycles. The maximum atomic E-state index is 13.0. The van der Waals surface area contributed by atoms with E-state index in [0.29, 0.717) is 25.1 Å². The lowest BCUT2D eigenvalue weighted by molar-refractivity contribution is -0.118. The second-order valence-corrected chi connectivity index (χ2v) is 7.39. The molecule has 0 fully saturated rings. The summed E-state index contributed by atoms with van der Waals surface area (Å²) in [6.07, 6.45) is 0.642. The van der Waals surface area contributed by atoms with Crippen LogP contribution < -0.4 is 9.64 Å². The summed E-state index contributed by atoms with van der Waals surface area (Å²) in [7, 11) is 1.64. The van der Waals surface area contributed by atoms with Crippen LogP contribution >= 0.6 is 11.8 Å². The molecule has 2 aromatic carbocycles. The molecule has 27 heavy (non-hydrogen) atoms. The fourth-order valence-electron chi connectivity index (χ4n) is 3.10. The summed E-state index contributed by atoms with van der Waals surface area (Å²) in [6, 6.07) is 13.2. The van der Waals surface area contributed by atoms with Gasteiger partial charge in [0.05, 0.1) is 30.2 Å². The van der Waals surface area contributed by atoms with Crippen LogP contribution in [0.1, 0.15) is 29.8 Å². The molecule has 3 rings (SSSR count). The fraction of sp³-hybridized carbons (Fsp3) is 0.333. The van der Waals surface area contributed by atoms with E-state index in [1.54, 1.807) is 42.8 Å². The van der Waals surface area contributed by atoms with Crippen LogP contribution in [0.15, 0.2) is 47.4 Å². The van der Waals surface area contributed by atoms with E-state index in [2.05, 4.69) is 0 Å². The van der Waals surface area contributed by atoms with E-state index in [1.165, 1.54) is 0 Å². The van der Waals surface area contributed by atoms with Gasteiger partial charge in [0.1, 0.15) is 5.75 Å². The van der Waals surface area contributed by atoms with E-state index in [0.717, 1.165) is 21.9 Å². The summed E-state index contributed by atoms with van der Waals surface area (Å²) < 4.78 is 10.3. The molecular formula is C21H23NO4S. The Balaban J connectivity index is 1.85. The van der Waals surface area contributed by atoms with E-state index in [-0.39, 0.29) is 17.1 Å². The average Bonchev–Trinajstić information content (AvgIpc) is 2.69. The molecule has 0 aromatic heterocycles. The van der Waals surface area contributed by atoms with E-state index in [1.807, 2.05) is 37.3 Å². The van der Waals surface area contributed by atoms with Gasteiger partial charge in [-0.1, -0.05) is 12.1 Å². The number of benzene rings is 2. The molecule has 1 unspecified atom stereocenters. The number of methoxy groups -OCH3 is 1. The largest absolute Gasteiger partial charge is 0.497 e. The minimum Gasteiger partial charge on any atom is -0.497 e. The minimum atomic E-state index is -0.367. The van der Waals surface area contributed by atoms with Gasteiger partial charge >= 0.3 is 5.97 Å². The minimum absolute atomic E-state index is 0.0619. The number of rotatable bonds is 6. The van der Waals surface area contributed by atoms with Gasteiger partial charge in [-0.25, -0.2) is 4.79 Å². The van der Waals surface area contributed by atoms with E-state index in [4.69, 9.17) is 9.47 Å². The molecule has 1 atom stereocenters. The highest BCUT2D eigenvalue weighted by Crippen LogP contribution is 2.41. The first-order valence-corrected chi connectivity index (χ1v) is 9.87. The Labute approximate surface area is 163 Å². The highest BCUT2D eigenvalue weighted by atomic mass is 32.2. The van der Waals surface area contributed by atoms with Crippen LogP contribution in [0.5, 0.6) is 5.75 Å². The zero-order chi connectivity index (χ0) is 19.4. The van der Waals surface area contributed by atoms with E-state index in [9.17, 15) is 9.59 Å². The van der Waals surface area contributed by atoms with Crippen molar-refractivity contribution in [2.45, 2.75) is 30.4 Å². The maximum Gasteiger partial charge on any atom is 0.338 e. The summed E-state index contributed by atoms with van der Waals surface area (Å²) in [4.78, 5) is 27.8. The smallest absolute Gasteiger partial charge is 0.338 e. The normalized spacial score (nSPS) is 16.0. The molecule has 0 spiro atoms. The number of carbonyl (C=O) groups is 2. The quantitative estimate of drug-likeness (QED) is 0.705.